The van der Waals surface area contributed by atoms with E-state index in [2.05, 4.69) is 22.9 Å². The predicted octanol–water partition coefficient (Wildman–Crippen LogP) is 1.37. The van der Waals surface area contributed by atoms with E-state index in [0.29, 0.717) is 11.6 Å². The Morgan fingerprint density at radius 2 is 1.95 bits per heavy atom. The summed E-state index contributed by atoms with van der Waals surface area (Å²) in [5.74, 6) is -0.00836. The first-order valence-corrected chi connectivity index (χ1v) is 6.96. The lowest BCUT2D eigenvalue weighted by molar-refractivity contribution is -0.120. The van der Waals surface area contributed by atoms with E-state index in [1.54, 1.807) is 31.3 Å². The fourth-order valence-electron chi connectivity index (χ4n) is 2.46. The topological polar surface area (TPSA) is 70.2 Å². The van der Waals surface area contributed by atoms with Crippen LogP contribution in [0.3, 0.4) is 0 Å². The predicted molar refractivity (Wildman–Crippen MR) is 78.7 cm³/mol. The van der Waals surface area contributed by atoms with Gasteiger partial charge in [-0.25, -0.2) is 0 Å². The molecule has 1 aromatic rings. The lowest BCUT2D eigenvalue weighted by Crippen LogP contribution is -2.40. The summed E-state index contributed by atoms with van der Waals surface area (Å²) in [4.78, 5) is 23.6. The molecule has 0 spiro atoms. The number of nitrogens with one attached hydrogen (secondary N) is 3. The monoisotopic (exact) mass is 275 g/mol. The number of carbonyl (C=O) groups excluding carboxylic acids is 2. The molecule has 0 aliphatic carbocycles. The Bertz CT molecular complexity index is 484. The molecule has 0 bridgehead atoms. The Morgan fingerprint density at radius 3 is 2.55 bits per heavy atom. The second-order valence-corrected chi connectivity index (χ2v) is 5.22. The van der Waals surface area contributed by atoms with E-state index in [-0.39, 0.29) is 17.7 Å². The van der Waals surface area contributed by atoms with Crippen molar-refractivity contribution in [3.8, 4) is 0 Å². The zero-order chi connectivity index (χ0) is 14.5. The smallest absolute Gasteiger partial charge is 0.251 e. The molecule has 0 radical (unpaired) electrons. The Morgan fingerprint density at radius 1 is 1.25 bits per heavy atom. The van der Waals surface area contributed by atoms with Gasteiger partial charge in [-0.3, -0.25) is 9.59 Å². The molecule has 1 saturated heterocycles. The van der Waals surface area contributed by atoms with Gasteiger partial charge in [-0.15, -0.1) is 0 Å². The van der Waals surface area contributed by atoms with E-state index in [9.17, 15) is 9.59 Å². The first-order chi connectivity index (χ1) is 9.60. The molecule has 1 heterocycles. The third-order valence-electron chi connectivity index (χ3n) is 3.64. The second-order valence-electron chi connectivity index (χ2n) is 5.22. The van der Waals surface area contributed by atoms with Crippen molar-refractivity contribution in [2.75, 3.05) is 18.9 Å². The summed E-state index contributed by atoms with van der Waals surface area (Å²) in [7, 11) is 1.59. The van der Waals surface area contributed by atoms with Crippen molar-refractivity contribution in [1.82, 2.24) is 10.6 Å². The van der Waals surface area contributed by atoms with Crippen LogP contribution >= 0.6 is 0 Å². The Labute approximate surface area is 119 Å². The Hall–Kier alpha value is -1.88. The van der Waals surface area contributed by atoms with Crippen molar-refractivity contribution in [2.45, 2.75) is 25.8 Å². The van der Waals surface area contributed by atoms with Gasteiger partial charge in [0.15, 0.2) is 0 Å². The van der Waals surface area contributed by atoms with E-state index >= 15 is 0 Å². The molecule has 0 aromatic heterocycles. The number of carbonyl (C=O) groups is 2. The van der Waals surface area contributed by atoms with Crippen LogP contribution in [0.1, 0.15) is 30.1 Å². The van der Waals surface area contributed by atoms with Crippen LogP contribution in [0.15, 0.2) is 24.3 Å². The molecule has 108 valence electrons. The number of amides is 2. The molecule has 1 aromatic carbocycles. The summed E-state index contributed by atoms with van der Waals surface area (Å²) in [5, 5.41) is 8.82. The molecule has 0 unspecified atom stereocenters. The first kappa shape index (κ1) is 14.5. The number of hydrogen-bond donors (Lipinski definition) is 3. The van der Waals surface area contributed by atoms with Gasteiger partial charge in [0.05, 0.1) is 0 Å². The second kappa shape index (κ2) is 6.52. The van der Waals surface area contributed by atoms with E-state index in [1.165, 1.54) is 0 Å². The SMILES string of the molecule is CNC(=O)c1ccc(NC(=O)[C@H]2CCN[C@@H](C)C2)cc1. The van der Waals surface area contributed by atoms with Gasteiger partial charge in [0.1, 0.15) is 0 Å². The van der Waals surface area contributed by atoms with E-state index < -0.39 is 0 Å². The zero-order valence-electron chi connectivity index (χ0n) is 11.9. The highest BCUT2D eigenvalue weighted by Crippen LogP contribution is 2.19. The van der Waals surface area contributed by atoms with Crippen molar-refractivity contribution >= 4 is 17.5 Å². The third kappa shape index (κ3) is 3.57. The van der Waals surface area contributed by atoms with Crippen LogP contribution in [-0.2, 0) is 4.79 Å². The summed E-state index contributed by atoms with van der Waals surface area (Å²) in [6.07, 6.45) is 1.73. The van der Waals surface area contributed by atoms with E-state index in [0.717, 1.165) is 25.1 Å². The number of rotatable bonds is 3. The molecule has 3 N–H and O–H groups in total. The van der Waals surface area contributed by atoms with Gasteiger partial charge in [0, 0.05) is 30.3 Å². The maximum absolute atomic E-state index is 12.2. The van der Waals surface area contributed by atoms with Crippen molar-refractivity contribution in [3.05, 3.63) is 29.8 Å². The van der Waals surface area contributed by atoms with Crippen LogP contribution in [-0.4, -0.2) is 31.4 Å². The Balaban J connectivity index is 1.95. The molecule has 2 amide bonds. The molecular weight excluding hydrogens is 254 g/mol. The van der Waals surface area contributed by atoms with Gasteiger partial charge in [0.2, 0.25) is 5.91 Å². The molecule has 1 aliphatic heterocycles. The van der Waals surface area contributed by atoms with Crippen molar-refractivity contribution in [1.29, 1.82) is 0 Å². The van der Waals surface area contributed by atoms with Crippen molar-refractivity contribution in [3.63, 3.8) is 0 Å². The van der Waals surface area contributed by atoms with Gasteiger partial charge >= 0.3 is 0 Å². The van der Waals surface area contributed by atoms with Crippen molar-refractivity contribution in [2.24, 2.45) is 5.92 Å². The van der Waals surface area contributed by atoms with Crippen LogP contribution in [0.2, 0.25) is 0 Å². The molecule has 0 saturated carbocycles. The number of hydrogen-bond acceptors (Lipinski definition) is 3. The molecule has 1 aliphatic rings. The molecular formula is C15H21N3O2. The van der Waals surface area contributed by atoms with Crippen LogP contribution < -0.4 is 16.0 Å². The summed E-state index contributed by atoms with van der Waals surface area (Å²) in [6, 6.07) is 7.31. The number of piperidine rings is 1. The maximum atomic E-state index is 12.2. The van der Waals surface area contributed by atoms with Crippen LogP contribution in [0.5, 0.6) is 0 Å². The third-order valence-corrected chi connectivity index (χ3v) is 3.64. The highest BCUT2D eigenvalue weighted by Gasteiger charge is 2.24. The normalized spacial score (nSPS) is 22.1. The highest BCUT2D eigenvalue weighted by atomic mass is 16.2. The zero-order valence-corrected chi connectivity index (χ0v) is 11.9. The standard InChI is InChI=1S/C15H21N3O2/c1-10-9-12(7-8-17-10)15(20)18-13-5-3-11(4-6-13)14(19)16-2/h3-6,10,12,17H,7-9H2,1-2H3,(H,16,19)(H,18,20)/t10-,12-/m0/s1. The first-order valence-electron chi connectivity index (χ1n) is 6.96. The largest absolute Gasteiger partial charge is 0.355 e. The van der Waals surface area contributed by atoms with E-state index in [4.69, 9.17) is 0 Å². The number of anilines is 1. The van der Waals surface area contributed by atoms with Gasteiger partial charge in [-0.05, 0) is 50.6 Å². The molecule has 2 rings (SSSR count). The lowest BCUT2D eigenvalue weighted by atomic mass is 9.92. The van der Waals surface area contributed by atoms with Crippen LogP contribution in [0.25, 0.3) is 0 Å². The molecule has 5 nitrogen and oxygen atoms in total. The molecule has 5 heteroatoms. The summed E-state index contributed by atoms with van der Waals surface area (Å²) in [5.41, 5.74) is 1.31. The number of benzene rings is 1. The highest BCUT2D eigenvalue weighted by molar-refractivity contribution is 5.96. The van der Waals surface area contributed by atoms with Gasteiger partial charge < -0.3 is 16.0 Å². The summed E-state index contributed by atoms with van der Waals surface area (Å²) in [6.45, 7) is 2.98. The maximum Gasteiger partial charge on any atom is 0.251 e. The van der Waals surface area contributed by atoms with Gasteiger partial charge in [0.25, 0.3) is 5.91 Å². The van der Waals surface area contributed by atoms with E-state index in [1.807, 2.05) is 0 Å². The average Bonchev–Trinajstić information content (AvgIpc) is 2.47. The molecule has 1 fully saturated rings. The fraction of sp³-hybridized carbons (Fsp3) is 0.467. The summed E-state index contributed by atoms with van der Waals surface area (Å²) < 4.78 is 0. The molecule has 2 atom stereocenters. The lowest BCUT2D eigenvalue weighted by Gasteiger charge is -2.27. The van der Waals surface area contributed by atoms with Gasteiger partial charge in [-0.2, -0.15) is 0 Å². The van der Waals surface area contributed by atoms with Crippen LogP contribution in [0.4, 0.5) is 5.69 Å². The Kier molecular flexibility index (Phi) is 4.74. The molecule has 20 heavy (non-hydrogen) atoms. The van der Waals surface area contributed by atoms with Crippen LogP contribution in [0, 0.1) is 5.92 Å². The quantitative estimate of drug-likeness (QED) is 0.780. The fourth-order valence-corrected chi connectivity index (χ4v) is 2.46. The minimum atomic E-state index is -0.130. The van der Waals surface area contributed by atoms with Crippen molar-refractivity contribution < 1.29 is 9.59 Å². The minimum Gasteiger partial charge on any atom is -0.355 e. The van der Waals surface area contributed by atoms with Gasteiger partial charge in [-0.1, -0.05) is 0 Å². The summed E-state index contributed by atoms with van der Waals surface area (Å²) >= 11 is 0. The minimum absolute atomic E-state index is 0.0601. The average molecular weight is 275 g/mol.